The third-order valence-corrected chi connectivity index (χ3v) is 3.72. The number of nitro groups is 1. The lowest BCUT2D eigenvalue weighted by molar-refractivity contribution is -0.385. The number of esters is 1. The number of halogens is 3. The van der Waals surface area contributed by atoms with Crippen molar-refractivity contribution in [3.8, 4) is 5.75 Å². The number of amides is 1. The highest BCUT2D eigenvalue weighted by Gasteiger charge is 2.20. The second kappa shape index (κ2) is 8.65. The van der Waals surface area contributed by atoms with Crippen molar-refractivity contribution in [2.75, 3.05) is 19.0 Å². The largest absolute Gasteiger partial charge is 0.477 e. The average Bonchev–Trinajstić information content (AvgIpc) is 2.61. The zero-order chi connectivity index (χ0) is 20.1. The molecule has 0 fully saturated rings. The standard InChI is InChI=1S/C16H11Cl2FN2O6/c1-26-16(23)10-4-8(17)5-11(18)15(10)20-14(22)7-27-13-6-9(19)2-3-12(13)21(24)25/h2-6H,7H2,1H3,(H,20,22). The molecule has 0 radical (unpaired) electrons. The number of anilines is 1. The summed E-state index contributed by atoms with van der Waals surface area (Å²) in [5.41, 5.74) is -0.681. The molecule has 0 aromatic heterocycles. The van der Waals surface area contributed by atoms with Crippen LogP contribution in [0.1, 0.15) is 10.4 Å². The molecule has 0 spiro atoms. The van der Waals surface area contributed by atoms with Gasteiger partial charge in [-0.3, -0.25) is 14.9 Å². The molecule has 0 atom stereocenters. The fraction of sp³-hybridized carbons (Fsp3) is 0.125. The zero-order valence-electron chi connectivity index (χ0n) is 13.6. The molecule has 0 aliphatic carbocycles. The molecule has 2 aromatic rings. The van der Waals surface area contributed by atoms with E-state index in [4.69, 9.17) is 27.9 Å². The van der Waals surface area contributed by atoms with Crippen LogP contribution in [0, 0.1) is 15.9 Å². The van der Waals surface area contributed by atoms with Gasteiger partial charge in [0.15, 0.2) is 6.61 Å². The van der Waals surface area contributed by atoms with Crippen LogP contribution in [0.15, 0.2) is 30.3 Å². The first kappa shape index (κ1) is 20.4. The lowest BCUT2D eigenvalue weighted by Gasteiger charge is -2.13. The van der Waals surface area contributed by atoms with E-state index in [2.05, 4.69) is 10.1 Å². The van der Waals surface area contributed by atoms with E-state index < -0.39 is 40.7 Å². The van der Waals surface area contributed by atoms with Gasteiger partial charge in [0.2, 0.25) is 5.75 Å². The molecular weight excluding hydrogens is 406 g/mol. The summed E-state index contributed by atoms with van der Waals surface area (Å²) in [4.78, 5) is 34.1. The SMILES string of the molecule is COC(=O)c1cc(Cl)cc(Cl)c1NC(=O)COc1cc(F)ccc1[N+](=O)[O-]. The molecule has 2 rings (SSSR count). The van der Waals surface area contributed by atoms with E-state index >= 15 is 0 Å². The normalized spacial score (nSPS) is 10.2. The van der Waals surface area contributed by atoms with E-state index in [9.17, 15) is 24.1 Å². The van der Waals surface area contributed by atoms with Gasteiger partial charge in [-0.05, 0) is 18.2 Å². The maximum Gasteiger partial charge on any atom is 0.340 e. The van der Waals surface area contributed by atoms with Crippen LogP contribution in [0.3, 0.4) is 0 Å². The van der Waals surface area contributed by atoms with Gasteiger partial charge in [-0.15, -0.1) is 0 Å². The van der Waals surface area contributed by atoms with Crippen LogP contribution >= 0.6 is 23.2 Å². The Morgan fingerprint density at radius 2 is 1.96 bits per heavy atom. The number of hydrogen-bond acceptors (Lipinski definition) is 6. The smallest absolute Gasteiger partial charge is 0.340 e. The second-order valence-corrected chi connectivity index (χ2v) is 5.85. The molecule has 27 heavy (non-hydrogen) atoms. The van der Waals surface area contributed by atoms with E-state index in [0.717, 1.165) is 25.3 Å². The lowest BCUT2D eigenvalue weighted by atomic mass is 10.1. The van der Waals surface area contributed by atoms with E-state index in [0.29, 0.717) is 0 Å². The molecule has 0 heterocycles. The number of carbonyl (C=O) groups is 2. The molecule has 142 valence electrons. The molecule has 0 saturated heterocycles. The number of benzene rings is 2. The summed E-state index contributed by atoms with van der Waals surface area (Å²) in [5, 5.41) is 13.4. The van der Waals surface area contributed by atoms with Crippen LogP contribution in [-0.2, 0) is 9.53 Å². The Labute approximate surface area is 161 Å². The van der Waals surface area contributed by atoms with Gasteiger partial charge in [0, 0.05) is 17.2 Å². The maximum atomic E-state index is 13.3. The molecule has 0 bridgehead atoms. The summed E-state index contributed by atoms with van der Waals surface area (Å²) in [6.45, 7) is -0.705. The molecule has 0 aliphatic heterocycles. The number of nitro benzene ring substituents is 1. The van der Waals surface area contributed by atoms with Crippen molar-refractivity contribution in [1.82, 2.24) is 0 Å². The van der Waals surface area contributed by atoms with Gasteiger partial charge in [0.25, 0.3) is 5.91 Å². The van der Waals surface area contributed by atoms with Crippen molar-refractivity contribution in [3.05, 3.63) is 61.9 Å². The number of rotatable bonds is 6. The number of nitrogens with one attached hydrogen (secondary N) is 1. The van der Waals surface area contributed by atoms with Crippen molar-refractivity contribution >= 4 is 46.5 Å². The Hall–Kier alpha value is -2.91. The first-order valence-electron chi connectivity index (χ1n) is 7.17. The summed E-state index contributed by atoms with van der Waals surface area (Å²) >= 11 is 11.8. The van der Waals surface area contributed by atoms with Crippen LogP contribution in [-0.4, -0.2) is 30.5 Å². The summed E-state index contributed by atoms with van der Waals surface area (Å²) in [7, 11) is 1.13. The molecule has 0 unspecified atom stereocenters. The van der Waals surface area contributed by atoms with Crippen LogP contribution < -0.4 is 10.1 Å². The molecule has 11 heteroatoms. The lowest BCUT2D eigenvalue weighted by Crippen LogP contribution is -2.22. The van der Waals surface area contributed by atoms with E-state index in [1.165, 1.54) is 12.1 Å². The number of nitrogens with zero attached hydrogens (tertiary/aromatic N) is 1. The van der Waals surface area contributed by atoms with Crippen molar-refractivity contribution in [3.63, 3.8) is 0 Å². The fourth-order valence-electron chi connectivity index (χ4n) is 2.04. The highest BCUT2D eigenvalue weighted by molar-refractivity contribution is 6.37. The zero-order valence-corrected chi connectivity index (χ0v) is 15.1. The fourth-order valence-corrected chi connectivity index (χ4v) is 2.59. The maximum absolute atomic E-state index is 13.3. The van der Waals surface area contributed by atoms with Gasteiger partial charge in [0.1, 0.15) is 5.82 Å². The Bertz CT molecular complexity index is 922. The van der Waals surface area contributed by atoms with Crippen molar-refractivity contribution in [2.24, 2.45) is 0 Å². The van der Waals surface area contributed by atoms with Gasteiger partial charge in [-0.1, -0.05) is 23.2 Å². The molecule has 2 aromatic carbocycles. The minimum Gasteiger partial charge on any atom is -0.477 e. The Kier molecular flexibility index (Phi) is 6.54. The molecule has 1 N–H and O–H groups in total. The van der Waals surface area contributed by atoms with Crippen LogP contribution in [0.2, 0.25) is 10.0 Å². The Balaban J connectivity index is 2.19. The van der Waals surface area contributed by atoms with E-state index in [-0.39, 0.29) is 21.3 Å². The van der Waals surface area contributed by atoms with Crippen LogP contribution in [0.4, 0.5) is 15.8 Å². The summed E-state index contributed by atoms with van der Waals surface area (Å²) in [6.07, 6.45) is 0. The topological polar surface area (TPSA) is 108 Å². The Morgan fingerprint density at radius 1 is 1.26 bits per heavy atom. The highest BCUT2D eigenvalue weighted by Crippen LogP contribution is 2.31. The number of ether oxygens (including phenoxy) is 2. The first-order chi connectivity index (χ1) is 12.7. The van der Waals surface area contributed by atoms with Gasteiger partial charge in [0.05, 0.1) is 28.3 Å². The van der Waals surface area contributed by atoms with Gasteiger partial charge in [-0.25, -0.2) is 9.18 Å². The summed E-state index contributed by atoms with van der Waals surface area (Å²) in [6, 6.07) is 5.12. The average molecular weight is 417 g/mol. The minimum absolute atomic E-state index is 0.0343. The highest BCUT2D eigenvalue weighted by atomic mass is 35.5. The molecule has 8 nitrogen and oxygen atoms in total. The third kappa shape index (κ3) is 5.05. The van der Waals surface area contributed by atoms with Gasteiger partial charge < -0.3 is 14.8 Å². The van der Waals surface area contributed by atoms with Crippen molar-refractivity contribution < 1.29 is 28.4 Å². The van der Waals surface area contributed by atoms with E-state index in [1.807, 2.05) is 0 Å². The molecule has 0 aliphatic rings. The number of carbonyl (C=O) groups excluding carboxylic acids is 2. The Morgan fingerprint density at radius 3 is 2.59 bits per heavy atom. The quantitative estimate of drug-likeness (QED) is 0.435. The second-order valence-electron chi connectivity index (χ2n) is 5.01. The van der Waals surface area contributed by atoms with Gasteiger partial charge in [-0.2, -0.15) is 0 Å². The molecular formula is C16H11Cl2FN2O6. The first-order valence-corrected chi connectivity index (χ1v) is 7.92. The number of methoxy groups -OCH3 is 1. The van der Waals surface area contributed by atoms with Crippen LogP contribution in [0.25, 0.3) is 0 Å². The monoisotopic (exact) mass is 416 g/mol. The van der Waals surface area contributed by atoms with Gasteiger partial charge >= 0.3 is 11.7 Å². The summed E-state index contributed by atoms with van der Waals surface area (Å²) < 4.78 is 22.9. The van der Waals surface area contributed by atoms with E-state index in [1.54, 1.807) is 0 Å². The molecule has 1 amide bonds. The predicted octanol–water partition coefficient (Wildman–Crippen LogP) is 3.84. The van der Waals surface area contributed by atoms with Crippen molar-refractivity contribution in [2.45, 2.75) is 0 Å². The van der Waals surface area contributed by atoms with Crippen LogP contribution in [0.5, 0.6) is 5.75 Å². The predicted molar refractivity (Wildman–Crippen MR) is 95.0 cm³/mol. The summed E-state index contributed by atoms with van der Waals surface area (Å²) in [5.74, 6) is -2.80. The van der Waals surface area contributed by atoms with Crippen molar-refractivity contribution in [1.29, 1.82) is 0 Å². The molecule has 0 saturated carbocycles. The number of hydrogen-bond donors (Lipinski definition) is 1. The third-order valence-electron chi connectivity index (χ3n) is 3.20. The minimum atomic E-state index is -0.803.